The number of likely N-dealkylation sites (tertiary alicyclic amines) is 1. The van der Waals surface area contributed by atoms with E-state index < -0.39 is 0 Å². The molecule has 0 bridgehead atoms. The third-order valence-corrected chi connectivity index (χ3v) is 5.73. The zero-order chi connectivity index (χ0) is 21.3. The minimum atomic E-state index is -0.258. The Morgan fingerprint density at radius 1 is 1.17 bits per heavy atom. The number of nitrogens with zero attached hydrogens (tertiary/aromatic N) is 3. The predicted molar refractivity (Wildman–Crippen MR) is 117 cm³/mol. The summed E-state index contributed by atoms with van der Waals surface area (Å²) in [5.41, 5.74) is 1.40. The summed E-state index contributed by atoms with van der Waals surface area (Å²) in [5, 5.41) is 1.15. The molecule has 7 heteroatoms. The quantitative estimate of drug-likeness (QED) is 0.632. The molecule has 1 aliphatic heterocycles. The number of pyridine rings is 2. The molecule has 3 aromatic rings. The molecule has 1 saturated heterocycles. The summed E-state index contributed by atoms with van der Waals surface area (Å²) >= 11 is 5.91. The van der Waals surface area contributed by atoms with E-state index in [-0.39, 0.29) is 23.0 Å². The van der Waals surface area contributed by atoms with Gasteiger partial charge in [-0.2, -0.15) is 0 Å². The van der Waals surface area contributed by atoms with Crippen molar-refractivity contribution in [3.05, 3.63) is 69.1 Å². The van der Waals surface area contributed by atoms with Crippen molar-refractivity contribution in [3.63, 3.8) is 0 Å². The Kier molecular flexibility index (Phi) is 5.77. The molecule has 1 aromatic carbocycles. The standard InChI is InChI=1S/C23H24ClN3O3/c1-3-26-14-20(21(28)19-9-4-15(2)25-22(19)26)23(29)27-12-10-18(11-13-27)30-17-7-5-16(24)6-8-17/h4-9,14,18H,3,10-13H2,1-2H3. The van der Waals surface area contributed by atoms with Gasteiger partial charge >= 0.3 is 0 Å². The lowest BCUT2D eigenvalue weighted by Crippen LogP contribution is -2.43. The maximum Gasteiger partial charge on any atom is 0.259 e. The van der Waals surface area contributed by atoms with Crippen LogP contribution in [0.15, 0.2) is 47.4 Å². The Bertz CT molecular complexity index is 1130. The monoisotopic (exact) mass is 425 g/mol. The largest absolute Gasteiger partial charge is 0.490 e. The van der Waals surface area contributed by atoms with Crippen LogP contribution in [0.5, 0.6) is 5.75 Å². The second-order valence-electron chi connectivity index (χ2n) is 7.55. The van der Waals surface area contributed by atoms with Crippen molar-refractivity contribution in [2.75, 3.05) is 13.1 Å². The van der Waals surface area contributed by atoms with E-state index in [1.165, 1.54) is 0 Å². The van der Waals surface area contributed by atoms with Gasteiger partial charge in [-0.1, -0.05) is 11.6 Å². The van der Waals surface area contributed by atoms with Crippen LogP contribution in [0.1, 0.15) is 35.8 Å². The fraction of sp³-hybridized carbons (Fsp3) is 0.348. The number of fused-ring (bicyclic) bond motifs is 1. The van der Waals surface area contributed by atoms with Crippen molar-refractivity contribution in [2.45, 2.75) is 39.3 Å². The Balaban J connectivity index is 1.51. The van der Waals surface area contributed by atoms with Crippen molar-refractivity contribution >= 4 is 28.5 Å². The molecule has 6 nitrogen and oxygen atoms in total. The highest BCUT2D eigenvalue weighted by Gasteiger charge is 2.27. The summed E-state index contributed by atoms with van der Waals surface area (Å²) < 4.78 is 7.87. The molecular weight excluding hydrogens is 402 g/mol. The number of rotatable bonds is 4. The first-order valence-corrected chi connectivity index (χ1v) is 10.6. The number of benzene rings is 1. The van der Waals surface area contributed by atoms with Gasteiger partial charge in [-0.25, -0.2) is 4.98 Å². The number of hydrogen-bond acceptors (Lipinski definition) is 4. The summed E-state index contributed by atoms with van der Waals surface area (Å²) in [7, 11) is 0. The number of carbonyl (C=O) groups excluding carboxylic acids is 1. The van der Waals surface area contributed by atoms with Gasteiger partial charge < -0.3 is 14.2 Å². The van der Waals surface area contributed by atoms with Gasteiger partial charge in [-0.15, -0.1) is 0 Å². The first-order chi connectivity index (χ1) is 14.5. The fourth-order valence-corrected chi connectivity index (χ4v) is 3.93. The molecule has 156 valence electrons. The maximum atomic E-state index is 13.1. The summed E-state index contributed by atoms with van der Waals surface area (Å²) in [6, 6.07) is 10.8. The molecular formula is C23H24ClN3O3. The van der Waals surface area contributed by atoms with Crippen molar-refractivity contribution in [3.8, 4) is 5.75 Å². The third kappa shape index (κ3) is 4.05. The summed E-state index contributed by atoms with van der Waals surface area (Å²) in [5.74, 6) is 0.543. The molecule has 4 rings (SSSR count). The highest BCUT2D eigenvalue weighted by molar-refractivity contribution is 6.30. The minimum Gasteiger partial charge on any atom is -0.490 e. The smallest absolute Gasteiger partial charge is 0.259 e. The highest BCUT2D eigenvalue weighted by atomic mass is 35.5. The molecule has 1 fully saturated rings. The van der Waals surface area contributed by atoms with Crippen molar-refractivity contribution in [1.82, 2.24) is 14.5 Å². The van der Waals surface area contributed by atoms with Crippen molar-refractivity contribution < 1.29 is 9.53 Å². The molecule has 2 aromatic heterocycles. The molecule has 0 atom stereocenters. The van der Waals surface area contributed by atoms with E-state index in [0.717, 1.165) is 11.4 Å². The normalized spacial score (nSPS) is 14.8. The SMILES string of the molecule is CCn1cc(C(=O)N2CCC(Oc3ccc(Cl)cc3)CC2)c(=O)c2ccc(C)nc21. The molecule has 3 heterocycles. The van der Waals surface area contributed by atoms with Crippen LogP contribution in [0.25, 0.3) is 11.0 Å². The van der Waals surface area contributed by atoms with Gasteiger partial charge in [0, 0.05) is 49.4 Å². The van der Waals surface area contributed by atoms with E-state index in [4.69, 9.17) is 16.3 Å². The van der Waals surface area contributed by atoms with Crippen molar-refractivity contribution in [1.29, 1.82) is 0 Å². The van der Waals surface area contributed by atoms with Crippen LogP contribution in [0, 0.1) is 6.92 Å². The number of hydrogen-bond donors (Lipinski definition) is 0. The van der Waals surface area contributed by atoms with Crippen LogP contribution < -0.4 is 10.2 Å². The first-order valence-electron chi connectivity index (χ1n) is 10.2. The van der Waals surface area contributed by atoms with Gasteiger partial charge in [0.1, 0.15) is 23.1 Å². The second kappa shape index (κ2) is 8.48. The maximum absolute atomic E-state index is 13.1. The number of ether oxygens (including phenoxy) is 1. The van der Waals surface area contributed by atoms with Crippen molar-refractivity contribution in [2.24, 2.45) is 0 Å². The van der Waals surface area contributed by atoms with Gasteiger partial charge in [0.2, 0.25) is 5.43 Å². The van der Waals surface area contributed by atoms with Crippen LogP contribution in [0.4, 0.5) is 0 Å². The molecule has 0 unspecified atom stereocenters. The molecule has 0 radical (unpaired) electrons. The molecule has 0 saturated carbocycles. The van der Waals surface area contributed by atoms with Crippen LogP contribution in [-0.2, 0) is 6.54 Å². The Hall–Kier alpha value is -2.86. The average molecular weight is 426 g/mol. The van der Waals surface area contributed by atoms with E-state index in [1.54, 1.807) is 35.4 Å². The van der Waals surface area contributed by atoms with Gasteiger partial charge in [0.05, 0.1) is 5.39 Å². The van der Waals surface area contributed by atoms with Gasteiger partial charge in [-0.05, 0) is 50.2 Å². The Morgan fingerprint density at radius 2 is 1.87 bits per heavy atom. The Morgan fingerprint density at radius 3 is 2.53 bits per heavy atom. The molecule has 30 heavy (non-hydrogen) atoms. The van der Waals surface area contributed by atoms with Gasteiger partial charge in [0.15, 0.2) is 0 Å². The lowest BCUT2D eigenvalue weighted by atomic mass is 10.1. The Labute approximate surface area is 180 Å². The molecule has 1 amide bonds. The highest BCUT2D eigenvalue weighted by Crippen LogP contribution is 2.22. The number of aryl methyl sites for hydroxylation is 2. The van der Waals surface area contributed by atoms with E-state index in [1.807, 2.05) is 30.5 Å². The first kappa shape index (κ1) is 20.4. The van der Waals surface area contributed by atoms with Crippen LogP contribution in [-0.4, -0.2) is 39.6 Å². The minimum absolute atomic E-state index is 0.0336. The van der Waals surface area contributed by atoms with E-state index in [0.29, 0.717) is 48.5 Å². The number of amides is 1. The average Bonchev–Trinajstić information content (AvgIpc) is 2.76. The number of carbonyl (C=O) groups is 1. The zero-order valence-electron chi connectivity index (χ0n) is 17.1. The molecule has 0 N–H and O–H groups in total. The predicted octanol–water partition coefficient (Wildman–Crippen LogP) is 4.06. The number of aromatic nitrogens is 2. The third-order valence-electron chi connectivity index (χ3n) is 5.48. The van der Waals surface area contributed by atoms with E-state index in [2.05, 4.69) is 4.98 Å². The van der Waals surface area contributed by atoms with E-state index in [9.17, 15) is 9.59 Å². The second-order valence-corrected chi connectivity index (χ2v) is 7.98. The summed E-state index contributed by atoms with van der Waals surface area (Å²) in [6.45, 7) is 5.59. The molecule has 1 aliphatic rings. The fourth-order valence-electron chi connectivity index (χ4n) is 3.81. The van der Waals surface area contributed by atoms with Gasteiger partial charge in [0.25, 0.3) is 5.91 Å². The van der Waals surface area contributed by atoms with Gasteiger partial charge in [-0.3, -0.25) is 9.59 Å². The number of piperidine rings is 1. The van der Waals surface area contributed by atoms with Crippen LogP contribution in [0.2, 0.25) is 5.02 Å². The summed E-state index contributed by atoms with van der Waals surface area (Å²) in [6.07, 6.45) is 3.11. The topological polar surface area (TPSA) is 64.4 Å². The zero-order valence-corrected chi connectivity index (χ0v) is 17.9. The lowest BCUT2D eigenvalue weighted by molar-refractivity contribution is 0.0594. The van der Waals surface area contributed by atoms with Crippen LogP contribution in [0.3, 0.4) is 0 Å². The summed E-state index contributed by atoms with van der Waals surface area (Å²) in [4.78, 5) is 32.4. The number of halogens is 1. The lowest BCUT2D eigenvalue weighted by Gasteiger charge is -2.32. The van der Waals surface area contributed by atoms with E-state index >= 15 is 0 Å². The molecule has 0 spiro atoms. The molecule has 0 aliphatic carbocycles. The van der Waals surface area contributed by atoms with Crippen LogP contribution >= 0.6 is 11.6 Å².